The predicted molar refractivity (Wildman–Crippen MR) is 94.4 cm³/mol. The molecule has 0 amide bonds. The molecule has 0 saturated carbocycles. The molecule has 2 heterocycles. The number of aliphatic hydroxyl groups excluding tert-OH is 1. The molecule has 0 spiro atoms. The summed E-state index contributed by atoms with van der Waals surface area (Å²) in [4.78, 5) is 3.93. The number of aromatic nitrogens is 2. The fourth-order valence-corrected chi connectivity index (χ4v) is 3.81. The summed E-state index contributed by atoms with van der Waals surface area (Å²) >= 11 is 0.573. The number of aliphatic hydroxyl groups is 1. The van der Waals surface area contributed by atoms with Crippen LogP contribution in [-0.4, -0.2) is 52.9 Å². The second kappa shape index (κ2) is 7.50. The maximum atomic E-state index is 12.6. The van der Waals surface area contributed by atoms with Gasteiger partial charge in [-0.15, -0.1) is 10.2 Å². The maximum Gasteiger partial charge on any atom is 0.445 e. The third-order valence-corrected chi connectivity index (χ3v) is 5.55. The van der Waals surface area contributed by atoms with E-state index in [-0.39, 0.29) is 0 Å². The normalized spacial score (nSPS) is 17.5. The number of rotatable bonds is 4. The van der Waals surface area contributed by atoms with E-state index in [9.17, 15) is 18.3 Å². The van der Waals surface area contributed by atoms with Gasteiger partial charge in [0, 0.05) is 32.7 Å². The number of aryl methyl sites for hydroxylation is 2. The number of hydrogen-bond acceptors (Lipinski definition) is 6. The van der Waals surface area contributed by atoms with Crippen LogP contribution in [0.5, 0.6) is 0 Å². The molecule has 1 N–H and O–H groups in total. The second-order valence-corrected chi connectivity index (χ2v) is 7.51. The van der Waals surface area contributed by atoms with Gasteiger partial charge in [-0.05, 0) is 25.0 Å². The number of benzene rings is 1. The molecule has 5 nitrogen and oxygen atoms in total. The van der Waals surface area contributed by atoms with Crippen LogP contribution in [0.25, 0.3) is 0 Å². The van der Waals surface area contributed by atoms with E-state index in [2.05, 4.69) is 15.1 Å². The van der Waals surface area contributed by atoms with Crippen molar-refractivity contribution >= 4 is 16.5 Å². The van der Waals surface area contributed by atoms with Crippen molar-refractivity contribution in [3.63, 3.8) is 0 Å². The standard InChI is InChI=1S/C17H21F3N4OS/c1-11-3-4-12(2)13(9-11)14(25)10-23-5-7-24(8-6-23)16-22-21-15(26-16)17(18,19)20/h3-4,9,14,25H,5-8,10H2,1-2H3/t14-/m0/s1. The molecule has 1 aliphatic heterocycles. The molecule has 3 rings (SSSR count). The molecule has 1 aromatic carbocycles. The number of alkyl halides is 3. The first-order chi connectivity index (χ1) is 12.2. The lowest BCUT2D eigenvalue weighted by Gasteiger charge is -2.35. The first kappa shape index (κ1) is 19.1. The van der Waals surface area contributed by atoms with Gasteiger partial charge in [-0.2, -0.15) is 13.2 Å². The van der Waals surface area contributed by atoms with Crippen LogP contribution in [0.2, 0.25) is 0 Å². The van der Waals surface area contributed by atoms with Crippen LogP contribution < -0.4 is 4.90 Å². The van der Waals surface area contributed by atoms with Crippen LogP contribution in [0.15, 0.2) is 18.2 Å². The number of hydrogen-bond donors (Lipinski definition) is 1. The molecule has 9 heteroatoms. The van der Waals surface area contributed by atoms with Crippen molar-refractivity contribution < 1.29 is 18.3 Å². The summed E-state index contributed by atoms with van der Waals surface area (Å²) in [6.45, 7) is 6.90. The summed E-state index contributed by atoms with van der Waals surface area (Å²) in [6.07, 6.45) is -5.03. The summed E-state index contributed by atoms with van der Waals surface area (Å²) in [7, 11) is 0. The molecule has 2 aromatic rings. The topological polar surface area (TPSA) is 52.5 Å². The predicted octanol–water partition coefficient (Wildman–Crippen LogP) is 3.03. The van der Waals surface area contributed by atoms with Crippen molar-refractivity contribution in [2.75, 3.05) is 37.6 Å². The van der Waals surface area contributed by atoms with Crippen LogP contribution in [0, 0.1) is 13.8 Å². The van der Waals surface area contributed by atoms with Gasteiger partial charge in [-0.3, -0.25) is 4.90 Å². The minimum absolute atomic E-state index is 0.298. The van der Waals surface area contributed by atoms with E-state index in [1.54, 1.807) is 0 Å². The molecule has 0 bridgehead atoms. The fraction of sp³-hybridized carbons (Fsp3) is 0.529. The van der Waals surface area contributed by atoms with Crippen LogP contribution in [0.1, 0.15) is 27.8 Å². The maximum absolute atomic E-state index is 12.6. The Kier molecular flexibility index (Phi) is 5.50. The smallest absolute Gasteiger partial charge is 0.387 e. The molecule has 1 saturated heterocycles. The highest BCUT2D eigenvalue weighted by Gasteiger charge is 2.36. The Balaban J connectivity index is 1.57. The largest absolute Gasteiger partial charge is 0.445 e. The third-order valence-electron chi connectivity index (χ3n) is 4.52. The molecule has 0 radical (unpaired) electrons. The molecular weight excluding hydrogens is 365 g/mol. The Hall–Kier alpha value is -1.71. The Morgan fingerprint density at radius 2 is 1.85 bits per heavy atom. The monoisotopic (exact) mass is 386 g/mol. The summed E-state index contributed by atoms with van der Waals surface area (Å²) in [5.41, 5.74) is 3.08. The van der Waals surface area contributed by atoms with E-state index in [1.165, 1.54) is 0 Å². The molecule has 0 unspecified atom stereocenters. The Labute approximate surface area is 154 Å². The SMILES string of the molecule is Cc1ccc(C)c([C@@H](O)CN2CCN(c3nnc(C(F)(F)F)s3)CC2)c1. The summed E-state index contributed by atoms with van der Waals surface area (Å²) in [5, 5.41) is 16.8. The first-order valence-corrected chi connectivity index (χ1v) is 9.19. The van der Waals surface area contributed by atoms with Crippen molar-refractivity contribution in [3.8, 4) is 0 Å². The average Bonchev–Trinajstić information content (AvgIpc) is 3.08. The zero-order valence-corrected chi connectivity index (χ0v) is 15.4. The number of β-amino-alcohol motifs (C(OH)–C–C–N with tert-alkyl or cyclic N) is 1. The molecule has 1 fully saturated rings. The average molecular weight is 386 g/mol. The van der Waals surface area contributed by atoms with Crippen molar-refractivity contribution in [1.82, 2.24) is 15.1 Å². The van der Waals surface area contributed by atoms with Crippen LogP contribution in [0.4, 0.5) is 18.3 Å². The van der Waals surface area contributed by atoms with Gasteiger partial charge in [0.15, 0.2) is 0 Å². The Morgan fingerprint density at radius 3 is 2.46 bits per heavy atom. The summed E-state index contributed by atoms with van der Waals surface area (Å²) in [5.74, 6) is 0. The van der Waals surface area contributed by atoms with Gasteiger partial charge < -0.3 is 10.0 Å². The zero-order valence-electron chi connectivity index (χ0n) is 14.6. The molecule has 142 valence electrons. The number of nitrogens with zero attached hydrogens (tertiary/aromatic N) is 4. The zero-order chi connectivity index (χ0) is 18.9. The number of anilines is 1. The van der Waals surface area contributed by atoms with Gasteiger partial charge in [0.2, 0.25) is 10.1 Å². The highest BCUT2D eigenvalue weighted by Crippen LogP contribution is 2.34. The quantitative estimate of drug-likeness (QED) is 0.876. The van der Waals surface area contributed by atoms with E-state index >= 15 is 0 Å². The Bertz CT molecular complexity index is 757. The molecule has 0 aliphatic carbocycles. The van der Waals surface area contributed by atoms with Gasteiger partial charge in [-0.25, -0.2) is 0 Å². The van der Waals surface area contributed by atoms with Crippen molar-refractivity contribution in [2.45, 2.75) is 26.1 Å². The summed E-state index contributed by atoms with van der Waals surface area (Å²) < 4.78 is 37.9. The lowest BCUT2D eigenvalue weighted by Crippen LogP contribution is -2.47. The van der Waals surface area contributed by atoms with Gasteiger partial charge >= 0.3 is 6.18 Å². The van der Waals surface area contributed by atoms with Crippen molar-refractivity contribution in [1.29, 1.82) is 0 Å². The second-order valence-electron chi connectivity index (χ2n) is 6.55. The highest BCUT2D eigenvalue weighted by atomic mass is 32.1. The minimum Gasteiger partial charge on any atom is -0.387 e. The molecule has 1 atom stereocenters. The first-order valence-electron chi connectivity index (χ1n) is 8.37. The van der Waals surface area contributed by atoms with E-state index in [0.717, 1.165) is 16.7 Å². The lowest BCUT2D eigenvalue weighted by atomic mass is 10.0. The number of piperazine rings is 1. The van der Waals surface area contributed by atoms with Crippen molar-refractivity contribution in [3.05, 3.63) is 39.9 Å². The van der Waals surface area contributed by atoms with Crippen molar-refractivity contribution in [2.24, 2.45) is 0 Å². The van der Waals surface area contributed by atoms with Gasteiger partial charge in [0.1, 0.15) is 0 Å². The van der Waals surface area contributed by atoms with Crippen LogP contribution in [0.3, 0.4) is 0 Å². The van der Waals surface area contributed by atoms with E-state index < -0.39 is 17.3 Å². The summed E-state index contributed by atoms with van der Waals surface area (Å²) in [6, 6.07) is 6.01. The van der Waals surface area contributed by atoms with Crippen LogP contribution in [-0.2, 0) is 6.18 Å². The number of halogens is 3. The minimum atomic E-state index is -4.45. The fourth-order valence-electron chi connectivity index (χ4n) is 3.04. The van der Waals surface area contributed by atoms with Gasteiger partial charge in [0.25, 0.3) is 0 Å². The van der Waals surface area contributed by atoms with Crippen LogP contribution >= 0.6 is 11.3 Å². The van der Waals surface area contributed by atoms with Gasteiger partial charge in [0.05, 0.1) is 6.10 Å². The van der Waals surface area contributed by atoms with E-state index in [1.807, 2.05) is 36.9 Å². The lowest BCUT2D eigenvalue weighted by molar-refractivity contribution is -0.138. The van der Waals surface area contributed by atoms with E-state index in [0.29, 0.717) is 49.2 Å². The third kappa shape index (κ3) is 4.33. The van der Waals surface area contributed by atoms with E-state index in [4.69, 9.17) is 0 Å². The Morgan fingerprint density at radius 1 is 1.15 bits per heavy atom. The molecule has 1 aromatic heterocycles. The molecule has 26 heavy (non-hydrogen) atoms. The van der Waals surface area contributed by atoms with Gasteiger partial charge in [-0.1, -0.05) is 35.1 Å². The molecule has 1 aliphatic rings. The molecular formula is C17H21F3N4OS. The highest BCUT2D eigenvalue weighted by molar-refractivity contribution is 7.15.